The van der Waals surface area contributed by atoms with Gasteiger partial charge in [-0.05, 0) is 25.7 Å². The molecule has 0 aromatic rings. The number of hydrogen-bond donors (Lipinski definition) is 0. The molecule has 0 N–H and O–H groups in total. The Morgan fingerprint density at radius 1 is 1.00 bits per heavy atom. The van der Waals surface area contributed by atoms with Crippen molar-refractivity contribution in [2.45, 2.75) is 84.0 Å². The van der Waals surface area contributed by atoms with E-state index in [0.29, 0.717) is 19.3 Å². The Kier molecular flexibility index (Phi) is 9.75. The van der Waals surface area contributed by atoms with Gasteiger partial charge in [0.05, 0.1) is 11.8 Å². The van der Waals surface area contributed by atoms with E-state index in [4.69, 9.17) is 18.9 Å². The van der Waals surface area contributed by atoms with Crippen molar-refractivity contribution in [1.82, 2.24) is 0 Å². The molecule has 0 radical (unpaired) electrons. The minimum absolute atomic E-state index is 0.0314. The molecule has 0 bridgehead atoms. The van der Waals surface area contributed by atoms with Gasteiger partial charge in [-0.3, -0.25) is 9.59 Å². The van der Waals surface area contributed by atoms with E-state index in [1.165, 1.54) is 19.3 Å². The summed E-state index contributed by atoms with van der Waals surface area (Å²) in [6.07, 6.45) is 8.70. The monoisotopic (exact) mass is 372 g/mol. The summed E-state index contributed by atoms with van der Waals surface area (Å²) in [4.78, 5) is 23.8. The van der Waals surface area contributed by atoms with Gasteiger partial charge in [0, 0.05) is 27.2 Å². The van der Waals surface area contributed by atoms with E-state index >= 15 is 0 Å². The topological polar surface area (TPSA) is 71.1 Å². The van der Waals surface area contributed by atoms with Crippen LogP contribution < -0.4 is 0 Å². The van der Waals surface area contributed by atoms with E-state index in [1.54, 1.807) is 21.3 Å². The second kappa shape index (κ2) is 11.0. The second-order valence-electron chi connectivity index (χ2n) is 7.23. The third-order valence-electron chi connectivity index (χ3n) is 5.78. The highest BCUT2D eigenvalue weighted by Crippen LogP contribution is 2.42. The van der Waals surface area contributed by atoms with E-state index in [2.05, 4.69) is 6.92 Å². The van der Waals surface area contributed by atoms with Crippen molar-refractivity contribution >= 4 is 11.9 Å². The molecular formula is C20H36O6. The predicted molar refractivity (Wildman–Crippen MR) is 98.3 cm³/mol. The van der Waals surface area contributed by atoms with Gasteiger partial charge >= 0.3 is 11.9 Å². The number of hydrogen-bond acceptors (Lipinski definition) is 6. The lowest BCUT2D eigenvalue weighted by Gasteiger charge is -2.37. The molecule has 2 unspecified atom stereocenters. The zero-order valence-electron chi connectivity index (χ0n) is 17.1. The molecule has 1 aliphatic rings. The van der Waals surface area contributed by atoms with E-state index in [9.17, 15) is 9.59 Å². The highest BCUT2D eigenvalue weighted by molar-refractivity contribution is 5.97. The number of methoxy groups -OCH3 is 3. The molecule has 2 atom stereocenters. The molecule has 0 amide bonds. The molecule has 6 heteroatoms. The van der Waals surface area contributed by atoms with Crippen molar-refractivity contribution in [2.75, 3.05) is 21.3 Å². The molecule has 1 aliphatic heterocycles. The number of unbranched alkanes of at least 4 members (excludes halogenated alkanes) is 4. The second-order valence-corrected chi connectivity index (χ2v) is 7.23. The van der Waals surface area contributed by atoms with Crippen LogP contribution in [0.4, 0.5) is 0 Å². The summed E-state index contributed by atoms with van der Waals surface area (Å²) in [7, 11) is 4.71. The number of cyclic esters (lactones) is 2. The highest BCUT2D eigenvalue weighted by Gasteiger charge is 2.49. The van der Waals surface area contributed by atoms with Crippen molar-refractivity contribution in [3.8, 4) is 0 Å². The molecule has 152 valence electrons. The number of rotatable bonds is 14. The fourth-order valence-corrected chi connectivity index (χ4v) is 3.93. The Hall–Kier alpha value is -0.980. The summed E-state index contributed by atoms with van der Waals surface area (Å²) in [6, 6.07) is 0. The van der Waals surface area contributed by atoms with Crippen LogP contribution in [0.5, 0.6) is 0 Å². The predicted octanol–water partition coefficient (Wildman–Crippen LogP) is 4.21. The van der Waals surface area contributed by atoms with E-state index in [1.807, 2.05) is 6.92 Å². The number of esters is 2. The van der Waals surface area contributed by atoms with Gasteiger partial charge in [0.1, 0.15) is 0 Å². The number of carbonyl (C=O) groups excluding carboxylic acids is 2. The van der Waals surface area contributed by atoms with E-state index in [0.717, 1.165) is 19.3 Å². The molecule has 1 saturated heterocycles. The summed E-state index contributed by atoms with van der Waals surface area (Å²) >= 11 is 0. The maximum Gasteiger partial charge on any atom is 0.320 e. The summed E-state index contributed by atoms with van der Waals surface area (Å²) in [5.41, 5.74) is -0.724. The largest absolute Gasteiger partial charge is 0.393 e. The van der Waals surface area contributed by atoms with Gasteiger partial charge in [-0.15, -0.1) is 0 Å². The van der Waals surface area contributed by atoms with Crippen LogP contribution in [-0.4, -0.2) is 39.2 Å². The third-order valence-corrected chi connectivity index (χ3v) is 5.78. The minimum Gasteiger partial charge on any atom is -0.393 e. The molecular weight excluding hydrogens is 336 g/mol. The van der Waals surface area contributed by atoms with Gasteiger partial charge in [-0.1, -0.05) is 46.0 Å². The molecule has 0 aromatic carbocycles. The maximum atomic E-state index is 12.2. The highest BCUT2D eigenvalue weighted by atomic mass is 16.9. The molecule has 1 fully saturated rings. The van der Waals surface area contributed by atoms with Crippen molar-refractivity contribution in [3.05, 3.63) is 0 Å². The molecule has 1 heterocycles. The minimum atomic E-state index is -1.13. The molecule has 26 heavy (non-hydrogen) atoms. The Labute approximate surface area is 157 Å². The van der Waals surface area contributed by atoms with Gasteiger partial charge in [-0.25, -0.2) is 0 Å². The summed E-state index contributed by atoms with van der Waals surface area (Å²) in [5, 5.41) is 0. The quantitative estimate of drug-likeness (QED) is 0.197. The van der Waals surface area contributed by atoms with E-state index in [-0.39, 0.29) is 12.3 Å². The third kappa shape index (κ3) is 5.51. The molecule has 0 saturated carbocycles. The lowest BCUT2D eigenvalue weighted by molar-refractivity contribution is -0.380. The summed E-state index contributed by atoms with van der Waals surface area (Å²) in [5.74, 6) is -1.99. The average Bonchev–Trinajstić information content (AvgIpc) is 2.94. The van der Waals surface area contributed by atoms with Gasteiger partial charge in [0.2, 0.25) is 0 Å². The maximum absolute atomic E-state index is 12.2. The van der Waals surface area contributed by atoms with Crippen molar-refractivity contribution in [3.63, 3.8) is 0 Å². The van der Waals surface area contributed by atoms with Gasteiger partial charge in [0.15, 0.2) is 0 Å². The Balaban J connectivity index is 2.80. The normalized spacial score (nSPS) is 21.9. The van der Waals surface area contributed by atoms with Gasteiger partial charge in [0.25, 0.3) is 5.97 Å². The first-order valence-corrected chi connectivity index (χ1v) is 9.84. The zero-order valence-corrected chi connectivity index (χ0v) is 17.1. The van der Waals surface area contributed by atoms with Crippen molar-refractivity contribution in [2.24, 2.45) is 11.3 Å². The Morgan fingerprint density at radius 3 is 2.08 bits per heavy atom. The first-order valence-electron chi connectivity index (χ1n) is 9.84. The van der Waals surface area contributed by atoms with Crippen molar-refractivity contribution < 1.29 is 28.5 Å². The van der Waals surface area contributed by atoms with Crippen LogP contribution in [0.15, 0.2) is 0 Å². The summed E-state index contributed by atoms with van der Waals surface area (Å²) < 4.78 is 21.6. The fourth-order valence-electron chi connectivity index (χ4n) is 3.93. The number of ether oxygens (including phenoxy) is 4. The van der Waals surface area contributed by atoms with Crippen LogP contribution in [0, 0.1) is 11.3 Å². The molecule has 0 spiro atoms. The smallest absolute Gasteiger partial charge is 0.320 e. The van der Waals surface area contributed by atoms with Crippen molar-refractivity contribution in [1.29, 1.82) is 0 Å². The van der Waals surface area contributed by atoms with Crippen LogP contribution in [0.1, 0.15) is 78.1 Å². The first kappa shape index (κ1) is 23.1. The van der Waals surface area contributed by atoms with Crippen LogP contribution >= 0.6 is 0 Å². The van der Waals surface area contributed by atoms with Crippen LogP contribution in [0.3, 0.4) is 0 Å². The van der Waals surface area contributed by atoms with Gasteiger partial charge in [-0.2, -0.15) is 0 Å². The standard InChI is InChI=1S/C20H36O6/c1-6-8-9-10-11-12-16(20(23-3,24-4)25-5)13-14-19(7-2)15-17(21)26-18(19)22/h16H,6-15H2,1-5H3. The molecule has 6 nitrogen and oxygen atoms in total. The van der Waals surface area contributed by atoms with Crippen LogP contribution in [-0.2, 0) is 28.5 Å². The Morgan fingerprint density at radius 2 is 1.62 bits per heavy atom. The fraction of sp³-hybridized carbons (Fsp3) is 0.900. The van der Waals surface area contributed by atoms with Crippen LogP contribution in [0.2, 0.25) is 0 Å². The number of carbonyl (C=O) groups is 2. The molecule has 0 aliphatic carbocycles. The first-order chi connectivity index (χ1) is 12.4. The Bertz CT molecular complexity index is 437. The SMILES string of the molecule is CCCCCCCC(CCC1(CC)CC(=O)OC1=O)C(OC)(OC)OC. The lowest BCUT2D eigenvalue weighted by Crippen LogP contribution is -2.44. The summed E-state index contributed by atoms with van der Waals surface area (Å²) in [6.45, 7) is 4.12. The van der Waals surface area contributed by atoms with E-state index < -0.39 is 23.3 Å². The van der Waals surface area contributed by atoms with Crippen LogP contribution in [0.25, 0.3) is 0 Å². The molecule has 0 aromatic heterocycles. The lowest BCUT2D eigenvalue weighted by atomic mass is 9.76. The average molecular weight is 373 g/mol. The van der Waals surface area contributed by atoms with Gasteiger partial charge < -0.3 is 18.9 Å². The molecule has 1 rings (SSSR count). The zero-order chi connectivity index (χ0) is 19.6.